The zero-order valence-corrected chi connectivity index (χ0v) is 5.03. The molecule has 0 saturated carbocycles. The Balaban J connectivity index is 2.50. The van der Waals surface area contributed by atoms with E-state index >= 15 is 0 Å². The van der Waals surface area contributed by atoms with Gasteiger partial charge in [-0.2, -0.15) is 0 Å². The smallest absolute Gasteiger partial charge is 0.0589 e. The molecule has 1 aliphatic rings. The Morgan fingerprint density at radius 1 is 1.86 bits per heavy atom. The maximum absolute atomic E-state index is 3.99. The van der Waals surface area contributed by atoms with Crippen LogP contribution in [0.25, 0.3) is 0 Å². The number of thioether (sulfide) groups is 1. The molecule has 0 N–H and O–H groups in total. The van der Waals surface area contributed by atoms with Gasteiger partial charge in [0, 0.05) is 0 Å². The molecule has 0 atom stereocenters. The van der Waals surface area contributed by atoms with Crippen LogP contribution in [0.2, 0.25) is 0 Å². The third kappa shape index (κ3) is 1.35. The highest BCUT2D eigenvalue weighted by Gasteiger charge is 1.88. The van der Waals surface area contributed by atoms with E-state index in [-0.39, 0.29) is 0 Å². The van der Waals surface area contributed by atoms with Crippen molar-refractivity contribution in [2.75, 3.05) is 6.54 Å². The first-order valence-corrected chi connectivity index (χ1v) is 3.09. The second-order valence-electron chi connectivity index (χ2n) is 1.40. The van der Waals surface area contributed by atoms with Gasteiger partial charge in [0.25, 0.3) is 0 Å². The SMILES string of the molecule is CC1=CCN=CS1. The molecule has 1 aliphatic heterocycles. The number of rotatable bonds is 0. The molecule has 1 nitrogen and oxygen atoms in total. The van der Waals surface area contributed by atoms with Crippen LogP contribution in [0.1, 0.15) is 6.92 Å². The van der Waals surface area contributed by atoms with Crippen LogP contribution >= 0.6 is 11.8 Å². The summed E-state index contributed by atoms with van der Waals surface area (Å²) in [7, 11) is 0. The highest BCUT2D eigenvalue weighted by atomic mass is 32.2. The Bertz CT molecular complexity index is 115. The lowest BCUT2D eigenvalue weighted by molar-refractivity contribution is 1.25. The minimum Gasteiger partial charge on any atom is -0.282 e. The van der Waals surface area contributed by atoms with Crippen LogP contribution < -0.4 is 0 Å². The Hall–Kier alpha value is -0.240. The van der Waals surface area contributed by atoms with E-state index in [1.807, 2.05) is 5.55 Å². The Morgan fingerprint density at radius 2 is 2.71 bits per heavy atom. The second kappa shape index (κ2) is 2.17. The lowest BCUT2D eigenvalue weighted by atomic mass is 10.5. The maximum Gasteiger partial charge on any atom is 0.0589 e. The summed E-state index contributed by atoms with van der Waals surface area (Å²) < 4.78 is 0. The Kier molecular flexibility index (Phi) is 1.52. The van der Waals surface area contributed by atoms with Gasteiger partial charge in [-0.25, -0.2) is 0 Å². The van der Waals surface area contributed by atoms with Gasteiger partial charge in [0.1, 0.15) is 0 Å². The largest absolute Gasteiger partial charge is 0.282 e. The molecule has 2 heteroatoms. The molecule has 38 valence electrons. The van der Waals surface area contributed by atoms with Crippen LogP contribution in [0.3, 0.4) is 0 Å². The van der Waals surface area contributed by atoms with E-state index in [1.54, 1.807) is 11.8 Å². The summed E-state index contributed by atoms with van der Waals surface area (Å²) in [6.07, 6.45) is 2.12. The van der Waals surface area contributed by atoms with Gasteiger partial charge in [0.15, 0.2) is 0 Å². The topological polar surface area (TPSA) is 12.4 Å². The molecule has 0 aliphatic carbocycles. The highest BCUT2D eigenvalue weighted by molar-refractivity contribution is 8.15. The standard InChI is InChI=1S/C5H7NS/c1-5-2-3-6-4-7-5/h2,4H,3H2,1H3. The van der Waals surface area contributed by atoms with Gasteiger partial charge < -0.3 is 0 Å². The molecule has 7 heavy (non-hydrogen) atoms. The average molecular weight is 113 g/mol. The van der Waals surface area contributed by atoms with E-state index < -0.39 is 0 Å². The molecule has 0 aromatic carbocycles. The molecule has 1 heterocycles. The fourth-order valence-corrected chi connectivity index (χ4v) is 0.890. The zero-order valence-electron chi connectivity index (χ0n) is 4.22. The second-order valence-corrected chi connectivity index (χ2v) is 2.49. The van der Waals surface area contributed by atoms with Crippen molar-refractivity contribution in [3.63, 3.8) is 0 Å². The third-order valence-electron chi connectivity index (χ3n) is 0.797. The van der Waals surface area contributed by atoms with Gasteiger partial charge in [0.05, 0.1) is 12.1 Å². The molecule has 0 amide bonds. The predicted molar refractivity (Wildman–Crippen MR) is 34.7 cm³/mol. The molecule has 0 spiro atoms. The minimum atomic E-state index is 0.874. The van der Waals surface area contributed by atoms with Crippen molar-refractivity contribution in [1.29, 1.82) is 0 Å². The van der Waals surface area contributed by atoms with Crippen LogP contribution in [0.15, 0.2) is 16.0 Å². The number of hydrogen-bond acceptors (Lipinski definition) is 2. The molecular weight excluding hydrogens is 106 g/mol. The summed E-state index contributed by atoms with van der Waals surface area (Å²) in [6.45, 7) is 2.97. The van der Waals surface area contributed by atoms with E-state index in [0.29, 0.717) is 0 Å². The summed E-state index contributed by atoms with van der Waals surface area (Å²) in [6, 6.07) is 0. The van der Waals surface area contributed by atoms with Crippen LogP contribution in [-0.4, -0.2) is 12.1 Å². The first-order chi connectivity index (χ1) is 3.39. The van der Waals surface area contributed by atoms with Gasteiger partial charge in [0.2, 0.25) is 0 Å². The van der Waals surface area contributed by atoms with Crippen molar-refractivity contribution in [3.05, 3.63) is 11.0 Å². The summed E-state index contributed by atoms with van der Waals surface area (Å²) in [5, 5.41) is 0. The Labute approximate surface area is 47.5 Å². The maximum atomic E-state index is 3.99. The highest BCUT2D eigenvalue weighted by Crippen LogP contribution is 2.13. The van der Waals surface area contributed by atoms with Crippen molar-refractivity contribution in [3.8, 4) is 0 Å². The quantitative estimate of drug-likeness (QED) is 0.465. The first kappa shape index (κ1) is 4.91. The fourth-order valence-electron chi connectivity index (χ4n) is 0.393. The van der Waals surface area contributed by atoms with Crippen LogP contribution in [0.5, 0.6) is 0 Å². The molecule has 0 fully saturated rings. The normalized spacial score (nSPS) is 19.3. The van der Waals surface area contributed by atoms with E-state index in [4.69, 9.17) is 0 Å². The molecule has 0 aromatic heterocycles. The third-order valence-corrected chi connectivity index (χ3v) is 1.59. The lowest BCUT2D eigenvalue weighted by Crippen LogP contribution is -1.81. The number of aliphatic imine (C=N–C) groups is 1. The lowest BCUT2D eigenvalue weighted by Gasteiger charge is -1.97. The van der Waals surface area contributed by atoms with Crippen LogP contribution in [-0.2, 0) is 0 Å². The molecule has 0 unspecified atom stereocenters. The van der Waals surface area contributed by atoms with Crippen molar-refractivity contribution < 1.29 is 0 Å². The van der Waals surface area contributed by atoms with Crippen molar-refractivity contribution in [2.24, 2.45) is 4.99 Å². The van der Waals surface area contributed by atoms with Crippen molar-refractivity contribution in [1.82, 2.24) is 0 Å². The van der Waals surface area contributed by atoms with Gasteiger partial charge in [-0.05, 0) is 11.8 Å². The first-order valence-electron chi connectivity index (χ1n) is 2.21. The fraction of sp³-hybridized carbons (Fsp3) is 0.400. The van der Waals surface area contributed by atoms with E-state index in [0.717, 1.165) is 6.54 Å². The summed E-state index contributed by atoms with van der Waals surface area (Å²) in [5.41, 5.74) is 1.88. The summed E-state index contributed by atoms with van der Waals surface area (Å²) in [5.74, 6) is 0. The van der Waals surface area contributed by atoms with E-state index in [2.05, 4.69) is 18.0 Å². The van der Waals surface area contributed by atoms with Gasteiger partial charge in [-0.1, -0.05) is 17.8 Å². The molecular formula is C5H7NS. The molecule has 0 aromatic rings. The molecule has 0 bridgehead atoms. The summed E-state index contributed by atoms with van der Waals surface area (Å²) >= 11 is 1.69. The van der Waals surface area contributed by atoms with Crippen molar-refractivity contribution in [2.45, 2.75) is 6.92 Å². The molecule has 1 rings (SSSR count). The molecule has 0 radical (unpaired) electrons. The number of nitrogens with zero attached hydrogens (tertiary/aromatic N) is 1. The minimum absolute atomic E-state index is 0.874. The van der Waals surface area contributed by atoms with Gasteiger partial charge >= 0.3 is 0 Å². The number of allylic oxidation sites excluding steroid dienone is 1. The number of hydrogen-bond donors (Lipinski definition) is 0. The van der Waals surface area contributed by atoms with E-state index in [1.165, 1.54) is 4.91 Å². The Morgan fingerprint density at radius 3 is 3.00 bits per heavy atom. The average Bonchev–Trinajstić information content (AvgIpc) is 1.69. The van der Waals surface area contributed by atoms with Crippen LogP contribution in [0, 0.1) is 0 Å². The van der Waals surface area contributed by atoms with Crippen molar-refractivity contribution >= 4 is 17.3 Å². The van der Waals surface area contributed by atoms with Gasteiger partial charge in [-0.15, -0.1) is 0 Å². The summed E-state index contributed by atoms with van der Waals surface area (Å²) in [4.78, 5) is 5.35. The molecule has 0 saturated heterocycles. The monoisotopic (exact) mass is 113 g/mol. The predicted octanol–water partition coefficient (Wildman–Crippen LogP) is 1.67. The zero-order chi connectivity index (χ0) is 5.11. The van der Waals surface area contributed by atoms with Gasteiger partial charge in [-0.3, -0.25) is 4.99 Å². The van der Waals surface area contributed by atoms with Crippen LogP contribution in [0.4, 0.5) is 0 Å². The van der Waals surface area contributed by atoms with E-state index in [9.17, 15) is 0 Å².